The lowest BCUT2D eigenvalue weighted by Gasteiger charge is -2.18. The third-order valence-corrected chi connectivity index (χ3v) is 3.44. The van der Waals surface area contributed by atoms with Gasteiger partial charge < -0.3 is 5.32 Å². The van der Waals surface area contributed by atoms with Gasteiger partial charge in [-0.1, -0.05) is 32.4 Å². The van der Waals surface area contributed by atoms with Gasteiger partial charge in [0.25, 0.3) is 0 Å². The van der Waals surface area contributed by atoms with E-state index in [0.717, 1.165) is 22.2 Å². The van der Waals surface area contributed by atoms with Gasteiger partial charge in [-0.25, -0.2) is 0 Å². The maximum Gasteiger partial charge on any atom is 0.229 e. The van der Waals surface area contributed by atoms with Gasteiger partial charge in [0.1, 0.15) is 0 Å². The zero-order valence-electron chi connectivity index (χ0n) is 11.5. The molecule has 0 fully saturated rings. The summed E-state index contributed by atoms with van der Waals surface area (Å²) in [6.45, 7) is 7.57. The summed E-state index contributed by atoms with van der Waals surface area (Å²) >= 11 is 6.09. The normalized spacial score (nSPS) is 11.6. The molecule has 0 aliphatic carbocycles. The number of fused-ring (bicyclic) bond motifs is 1. The Bertz CT molecular complexity index is 644. The molecule has 0 aliphatic rings. The summed E-state index contributed by atoms with van der Waals surface area (Å²) in [6.07, 6.45) is 1.68. The summed E-state index contributed by atoms with van der Waals surface area (Å²) in [5.74, 6) is -0.0207. The molecule has 0 spiro atoms. The van der Waals surface area contributed by atoms with Gasteiger partial charge in [-0.2, -0.15) is 0 Å². The van der Waals surface area contributed by atoms with Crippen molar-refractivity contribution in [3.63, 3.8) is 0 Å². The molecule has 1 aromatic heterocycles. The Labute approximate surface area is 118 Å². The molecule has 4 heteroatoms. The second-order valence-corrected chi connectivity index (χ2v) is 6.04. The number of pyridine rings is 1. The number of aryl methyl sites for hydroxylation is 1. The maximum atomic E-state index is 12.1. The highest BCUT2D eigenvalue weighted by Gasteiger charge is 2.22. The molecular weight excluding hydrogens is 260 g/mol. The van der Waals surface area contributed by atoms with Crippen molar-refractivity contribution in [1.29, 1.82) is 0 Å². The highest BCUT2D eigenvalue weighted by atomic mass is 35.5. The quantitative estimate of drug-likeness (QED) is 0.849. The van der Waals surface area contributed by atoms with Crippen LogP contribution in [-0.2, 0) is 4.79 Å². The standard InChI is InChI=1S/C15H17ClN2O/c1-9-11(16)6-5-10-12(7-8-17-13(9)10)18-14(19)15(2,3)4/h5-8H,1-4H3,(H,17,18,19). The van der Waals surface area contributed by atoms with Gasteiger partial charge in [0.05, 0.1) is 11.2 Å². The second-order valence-electron chi connectivity index (χ2n) is 5.63. The summed E-state index contributed by atoms with van der Waals surface area (Å²) < 4.78 is 0. The number of halogens is 1. The molecule has 1 aromatic carbocycles. The summed E-state index contributed by atoms with van der Waals surface area (Å²) in [5.41, 5.74) is 2.08. The van der Waals surface area contributed by atoms with Crippen molar-refractivity contribution in [3.8, 4) is 0 Å². The summed E-state index contributed by atoms with van der Waals surface area (Å²) in [5, 5.41) is 4.53. The molecule has 0 aliphatic heterocycles. The first-order chi connectivity index (χ1) is 8.80. The molecule has 2 rings (SSSR count). The fourth-order valence-corrected chi connectivity index (χ4v) is 1.91. The Morgan fingerprint density at radius 1 is 1.26 bits per heavy atom. The summed E-state index contributed by atoms with van der Waals surface area (Å²) in [7, 11) is 0. The number of nitrogens with one attached hydrogen (secondary N) is 1. The van der Waals surface area contributed by atoms with E-state index in [9.17, 15) is 4.79 Å². The number of nitrogens with zero attached hydrogens (tertiary/aromatic N) is 1. The highest BCUT2D eigenvalue weighted by molar-refractivity contribution is 6.32. The van der Waals surface area contributed by atoms with Crippen molar-refractivity contribution in [2.45, 2.75) is 27.7 Å². The SMILES string of the molecule is Cc1c(Cl)ccc2c(NC(=O)C(C)(C)C)ccnc12. The molecule has 1 amide bonds. The molecule has 19 heavy (non-hydrogen) atoms. The van der Waals surface area contributed by atoms with Crippen LogP contribution in [0.1, 0.15) is 26.3 Å². The van der Waals surface area contributed by atoms with Gasteiger partial charge in [-0.3, -0.25) is 9.78 Å². The second kappa shape index (κ2) is 4.82. The molecule has 0 atom stereocenters. The Balaban J connectivity index is 2.51. The average Bonchev–Trinajstić information content (AvgIpc) is 2.33. The Morgan fingerprint density at radius 2 is 1.95 bits per heavy atom. The zero-order valence-corrected chi connectivity index (χ0v) is 12.3. The lowest BCUT2D eigenvalue weighted by Crippen LogP contribution is -2.27. The molecule has 100 valence electrons. The molecular formula is C15H17ClN2O. The number of carbonyl (C=O) groups excluding carboxylic acids is 1. The first kappa shape index (κ1) is 13.8. The molecule has 0 saturated heterocycles. The number of hydrogen-bond donors (Lipinski definition) is 1. The van der Waals surface area contributed by atoms with Gasteiger partial charge in [-0.05, 0) is 30.7 Å². The van der Waals surface area contributed by atoms with Gasteiger partial charge in [0, 0.05) is 22.0 Å². The third kappa shape index (κ3) is 2.71. The van der Waals surface area contributed by atoms with Crippen LogP contribution in [0.4, 0.5) is 5.69 Å². The monoisotopic (exact) mass is 276 g/mol. The van der Waals surface area contributed by atoms with E-state index in [4.69, 9.17) is 11.6 Å². The fourth-order valence-electron chi connectivity index (χ4n) is 1.75. The molecule has 2 aromatic rings. The Morgan fingerprint density at radius 3 is 2.58 bits per heavy atom. The topological polar surface area (TPSA) is 42.0 Å². The Hall–Kier alpha value is -1.61. The third-order valence-electron chi connectivity index (χ3n) is 3.03. The molecule has 0 bridgehead atoms. The van der Waals surface area contributed by atoms with Gasteiger partial charge in [0.2, 0.25) is 5.91 Å². The van der Waals surface area contributed by atoms with E-state index in [1.54, 1.807) is 12.3 Å². The molecule has 0 saturated carbocycles. The summed E-state index contributed by atoms with van der Waals surface area (Å²) in [4.78, 5) is 16.4. The predicted molar refractivity (Wildman–Crippen MR) is 79.6 cm³/mol. The van der Waals surface area contributed by atoms with Crippen LogP contribution in [0.2, 0.25) is 5.02 Å². The van der Waals surface area contributed by atoms with E-state index >= 15 is 0 Å². The largest absolute Gasteiger partial charge is 0.325 e. The molecule has 1 N–H and O–H groups in total. The van der Waals surface area contributed by atoms with E-state index in [0.29, 0.717) is 5.02 Å². The maximum absolute atomic E-state index is 12.1. The van der Waals surface area contributed by atoms with Gasteiger partial charge in [-0.15, -0.1) is 0 Å². The van der Waals surface area contributed by atoms with Crippen LogP contribution in [0.5, 0.6) is 0 Å². The number of amides is 1. The number of rotatable bonds is 1. The minimum absolute atomic E-state index is 0.0207. The first-order valence-electron chi connectivity index (χ1n) is 6.16. The van der Waals surface area contributed by atoms with E-state index in [1.807, 2.05) is 39.8 Å². The van der Waals surface area contributed by atoms with Crippen LogP contribution in [0.3, 0.4) is 0 Å². The van der Waals surface area contributed by atoms with E-state index in [1.165, 1.54) is 0 Å². The number of anilines is 1. The number of aromatic nitrogens is 1. The lowest BCUT2D eigenvalue weighted by molar-refractivity contribution is -0.123. The minimum Gasteiger partial charge on any atom is -0.325 e. The van der Waals surface area contributed by atoms with Crippen LogP contribution in [-0.4, -0.2) is 10.9 Å². The van der Waals surface area contributed by atoms with Crippen molar-refractivity contribution in [2.75, 3.05) is 5.32 Å². The number of benzene rings is 1. The number of carbonyl (C=O) groups is 1. The van der Waals surface area contributed by atoms with Crippen molar-refractivity contribution in [1.82, 2.24) is 4.98 Å². The molecule has 0 unspecified atom stereocenters. The van der Waals surface area contributed by atoms with Crippen LogP contribution in [0.25, 0.3) is 10.9 Å². The van der Waals surface area contributed by atoms with Crippen LogP contribution >= 0.6 is 11.6 Å². The van der Waals surface area contributed by atoms with Crippen molar-refractivity contribution in [3.05, 3.63) is 35.0 Å². The van der Waals surface area contributed by atoms with Crippen molar-refractivity contribution in [2.24, 2.45) is 5.41 Å². The smallest absolute Gasteiger partial charge is 0.229 e. The summed E-state index contributed by atoms with van der Waals surface area (Å²) in [6, 6.07) is 5.52. The minimum atomic E-state index is -0.433. The Kier molecular flexibility index (Phi) is 3.50. The van der Waals surface area contributed by atoms with Gasteiger partial charge in [0.15, 0.2) is 0 Å². The lowest BCUT2D eigenvalue weighted by atomic mass is 9.95. The predicted octanol–water partition coefficient (Wildman–Crippen LogP) is 4.18. The van der Waals surface area contributed by atoms with Crippen LogP contribution in [0, 0.1) is 12.3 Å². The average molecular weight is 277 g/mol. The van der Waals surface area contributed by atoms with E-state index in [2.05, 4.69) is 10.3 Å². The first-order valence-corrected chi connectivity index (χ1v) is 6.54. The number of hydrogen-bond acceptors (Lipinski definition) is 2. The van der Waals surface area contributed by atoms with E-state index < -0.39 is 5.41 Å². The zero-order chi connectivity index (χ0) is 14.2. The van der Waals surface area contributed by atoms with Crippen molar-refractivity contribution >= 4 is 34.1 Å². The molecule has 1 heterocycles. The van der Waals surface area contributed by atoms with Gasteiger partial charge >= 0.3 is 0 Å². The molecule has 3 nitrogen and oxygen atoms in total. The molecule has 0 radical (unpaired) electrons. The van der Waals surface area contributed by atoms with Crippen LogP contribution in [0.15, 0.2) is 24.4 Å². The highest BCUT2D eigenvalue weighted by Crippen LogP contribution is 2.29. The van der Waals surface area contributed by atoms with Crippen molar-refractivity contribution < 1.29 is 4.79 Å². The van der Waals surface area contributed by atoms with E-state index in [-0.39, 0.29) is 5.91 Å². The fraction of sp³-hybridized carbons (Fsp3) is 0.333. The van der Waals surface area contributed by atoms with Crippen LogP contribution < -0.4 is 5.32 Å².